The molecule has 0 aromatic carbocycles. The standard InChI is InChI=1S/C19H27N3OS/c1-11-17(12(2)22(6)21-11)20-18(23)16-10-13-9-14(19(3,4)5)7-8-15(13)24-16/h10,14H,7-9H2,1-6H3,(H,20,23). The summed E-state index contributed by atoms with van der Waals surface area (Å²) in [5, 5.41) is 7.42. The number of aromatic nitrogens is 2. The van der Waals surface area contributed by atoms with Gasteiger partial charge in [-0.15, -0.1) is 11.3 Å². The van der Waals surface area contributed by atoms with E-state index in [0.29, 0.717) is 11.3 Å². The average Bonchev–Trinajstić information content (AvgIpc) is 3.02. The molecule has 0 fully saturated rings. The fourth-order valence-electron chi connectivity index (χ4n) is 3.50. The molecule has 2 aromatic heterocycles. The van der Waals surface area contributed by atoms with E-state index in [1.807, 2.05) is 20.9 Å². The summed E-state index contributed by atoms with van der Waals surface area (Å²) in [5.41, 5.74) is 4.37. The Morgan fingerprint density at radius 3 is 2.67 bits per heavy atom. The first-order valence-electron chi connectivity index (χ1n) is 8.60. The molecule has 2 heterocycles. The van der Waals surface area contributed by atoms with E-state index in [2.05, 4.69) is 37.3 Å². The highest BCUT2D eigenvalue weighted by Crippen LogP contribution is 2.40. The second-order valence-electron chi connectivity index (χ2n) is 7.99. The predicted molar refractivity (Wildman–Crippen MR) is 99.9 cm³/mol. The molecule has 1 atom stereocenters. The number of carbonyl (C=O) groups excluding carboxylic acids is 1. The number of amides is 1. The Labute approximate surface area is 148 Å². The van der Waals surface area contributed by atoms with Crippen molar-refractivity contribution in [3.8, 4) is 0 Å². The van der Waals surface area contributed by atoms with Crippen molar-refractivity contribution in [2.24, 2.45) is 18.4 Å². The molecule has 0 spiro atoms. The SMILES string of the molecule is Cc1nn(C)c(C)c1NC(=O)c1cc2c(s1)CCC(C(C)(C)C)C2. The summed E-state index contributed by atoms with van der Waals surface area (Å²) in [6, 6.07) is 2.11. The zero-order valence-electron chi connectivity index (χ0n) is 15.5. The lowest BCUT2D eigenvalue weighted by atomic mass is 9.72. The van der Waals surface area contributed by atoms with Crippen molar-refractivity contribution < 1.29 is 4.79 Å². The van der Waals surface area contributed by atoms with Crippen molar-refractivity contribution in [2.75, 3.05) is 5.32 Å². The molecule has 4 nitrogen and oxygen atoms in total. The number of hydrogen-bond donors (Lipinski definition) is 1. The third-order valence-electron chi connectivity index (χ3n) is 5.28. The number of nitrogens with one attached hydrogen (secondary N) is 1. The highest BCUT2D eigenvalue weighted by atomic mass is 32.1. The molecule has 0 saturated heterocycles. The van der Waals surface area contributed by atoms with E-state index in [1.165, 1.54) is 16.9 Å². The minimum absolute atomic E-state index is 0.0130. The minimum Gasteiger partial charge on any atom is -0.318 e. The Morgan fingerprint density at radius 2 is 2.08 bits per heavy atom. The summed E-state index contributed by atoms with van der Waals surface area (Å²) in [5.74, 6) is 0.680. The molecule has 0 aliphatic heterocycles. The highest BCUT2D eigenvalue weighted by molar-refractivity contribution is 7.14. The largest absolute Gasteiger partial charge is 0.318 e. The lowest BCUT2D eigenvalue weighted by Gasteiger charge is -2.33. The van der Waals surface area contributed by atoms with Crippen LogP contribution in [0.2, 0.25) is 0 Å². The van der Waals surface area contributed by atoms with Crippen LogP contribution >= 0.6 is 11.3 Å². The molecule has 24 heavy (non-hydrogen) atoms. The molecule has 3 rings (SSSR count). The Balaban J connectivity index is 1.80. The Morgan fingerprint density at radius 1 is 1.38 bits per heavy atom. The Kier molecular flexibility index (Phi) is 4.32. The quantitative estimate of drug-likeness (QED) is 0.871. The third-order valence-corrected chi connectivity index (χ3v) is 6.51. The lowest BCUT2D eigenvalue weighted by molar-refractivity contribution is 0.103. The molecule has 1 amide bonds. The second-order valence-corrected chi connectivity index (χ2v) is 9.13. The van der Waals surface area contributed by atoms with Crippen LogP contribution in [0.15, 0.2) is 6.07 Å². The topological polar surface area (TPSA) is 46.9 Å². The molecule has 5 heteroatoms. The van der Waals surface area contributed by atoms with Crippen LogP contribution < -0.4 is 5.32 Å². The summed E-state index contributed by atoms with van der Waals surface area (Å²) in [6.45, 7) is 10.8. The number of fused-ring (bicyclic) bond motifs is 1. The van der Waals surface area contributed by atoms with Gasteiger partial charge < -0.3 is 5.32 Å². The number of hydrogen-bond acceptors (Lipinski definition) is 3. The first-order valence-corrected chi connectivity index (χ1v) is 9.41. The maximum absolute atomic E-state index is 12.7. The van der Waals surface area contributed by atoms with Crippen LogP contribution in [-0.2, 0) is 19.9 Å². The van der Waals surface area contributed by atoms with Crippen LogP contribution in [0.25, 0.3) is 0 Å². The second kappa shape index (κ2) is 6.03. The normalized spacial score (nSPS) is 17.7. The third kappa shape index (κ3) is 3.14. The van der Waals surface area contributed by atoms with Crippen molar-refractivity contribution in [1.29, 1.82) is 0 Å². The van der Waals surface area contributed by atoms with Gasteiger partial charge in [0.05, 0.1) is 22.0 Å². The summed E-state index contributed by atoms with van der Waals surface area (Å²) < 4.78 is 1.80. The van der Waals surface area contributed by atoms with E-state index in [1.54, 1.807) is 16.0 Å². The van der Waals surface area contributed by atoms with Crippen molar-refractivity contribution in [1.82, 2.24) is 9.78 Å². The van der Waals surface area contributed by atoms with E-state index < -0.39 is 0 Å². The van der Waals surface area contributed by atoms with E-state index >= 15 is 0 Å². The van der Waals surface area contributed by atoms with Crippen LogP contribution in [-0.4, -0.2) is 15.7 Å². The van der Waals surface area contributed by atoms with Crippen molar-refractivity contribution in [3.05, 3.63) is 32.8 Å². The van der Waals surface area contributed by atoms with Crippen LogP contribution in [0, 0.1) is 25.2 Å². The van der Waals surface area contributed by atoms with Gasteiger partial charge in [0.25, 0.3) is 5.91 Å². The van der Waals surface area contributed by atoms with Gasteiger partial charge in [0.1, 0.15) is 0 Å². The zero-order chi connectivity index (χ0) is 17.6. The van der Waals surface area contributed by atoms with Crippen LogP contribution in [0.5, 0.6) is 0 Å². The predicted octanol–water partition coefficient (Wildman–Crippen LogP) is 4.50. The molecule has 0 saturated carbocycles. The smallest absolute Gasteiger partial charge is 0.265 e. The lowest BCUT2D eigenvalue weighted by Crippen LogP contribution is -2.26. The van der Waals surface area contributed by atoms with Crippen molar-refractivity contribution in [3.63, 3.8) is 0 Å². The fourth-order valence-corrected chi connectivity index (χ4v) is 4.61. The van der Waals surface area contributed by atoms with Gasteiger partial charge >= 0.3 is 0 Å². The van der Waals surface area contributed by atoms with Gasteiger partial charge in [0.2, 0.25) is 0 Å². The number of nitrogens with zero attached hydrogens (tertiary/aromatic N) is 2. The summed E-state index contributed by atoms with van der Waals surface area (Å²) >= 11 is 1.65. The fraction of sp³-hybridized carbons (Fsp3) is 0.579. The molecule has 0 bridgehead atoms. The van der Waals surface area contributed by atoms with Crippen LogP contribution in [0.1, 0.15) is 58.7 Å². The van der Waals surface area contributed by atoms with Gasteiger partial charge in [0.15, 0.2) is 0 Å². The Bertz CT molecular complexity index is 779. The number of aryl methyl sites for hydroxylation is 3. The van der Waals surface area contributed by atoms with E-state index in [0.717, 1.165) is 34.8 Å². The summed E-state index contributed by atoms with van der Waals surface area (Å²) in [7, 11) is 1.90. The zero-order valence-corrected chi connectivity index (χ0v) is 16.3. The molecular formula is C19H27N3OS. The first-order chi connectivity index (χ1) is 11.2. The van der Waals surface area contributed by atoms with E-state index in [4.69, 9.17) is 0 Å². The molecular weight excluding hydrogens is 318 g/mol. The molecule has 1 aliphatic rings. The van der Waals surface area contributed by atoms with Gasteiger partial charge in [-0.1, -0.05) is 20.8 Å². The summed E-state index contributed by atoms with van der Waals surface area (Å²) in [4.78, 5) is 14.9. The Hall–Kier alpha value is -1.62. The average molecular weight is 346 g/mol. The van der Waals surface area contributed by atoms with Gasteiger partial charge in [-0.05, 0) is 56.1 Å². The maximum Gasteiger partial charge on any atom is 0.265 e. The molecule has 1 N–H and O–H groups in total. The summed E-state index contributed by atoms with van der Waals surface area (Å²) in [6.07, 6.45) is 3.41. The van der Waals surface area contributed by atoms with Crippen LogP contribution in [0.4, 0.5) is 5.69 Å². The van der Waals surface area contributed by atoms with Gasteiger partial charge in [-0.2, -0.15) is 5.10 Å². The molecule has 2 aromatic rings. The van der Waals surface area contributed by atoms with Gasteiger partial charge in [0, 0.05) is 11.9 Å². The number of thiophene rings is 1. The van der Waals surface area contributed by atoms with Crippen molar-refractivity contribution in [2.45, 2.75) is 53.9 Å². The number of rotatable bonds is 2. The number of carbonyl (C=O) groups is 1. The molecule has 1 aliphatic carbocycles. The van der Waals surface area contributed by atoms with E-state index in [9.17, 15) is 4.79 Å². The number of anilines is 1. The van der Waals surface area contributed by atoms with Gasteiger partial charge in [-0.3, -0.25) is 9.48 Å². The van der Waals surface area contributed by atoms with Crippen molar-refractivity contribution >= 4 is 22.9 Å². The molecule has 1 unspecified atom stereocenters. The minimum atomic E-state index is -0.0130. The van der Waals surface area contributed by atoms with Crippen LogP contribution in [0.3, 0.4) is 0 Å². The molecule has 130 valence electrons. The monoisotopic (exact) mass is 345 g/mol. The molecule has 0 radical (unpaired) electrons. The highest BCUT2D eigenvalue weighted by Gasteiger charge is 2.30. The van der Waals surface area contributed by atoms with E-state index in [-0.39, 0.29) is 5.91 Å². The van der Waals surface area contributed by atoms with Gasteiger partial charge in [-0.25, -0.2) is 0 Å². The maximum atomic E-state index is 12.7. The first kappa shape index (κ1) is 17.2.